The molecule has 0 aliphatic rings. The van der Waals surface area contributed by atoms with Gasteiger partial charge < -0.3 is 10.5 Å². The van der Waals surface area contributed by atoms with Gasteiger partial charge in [-0.15, -0.1) is 0 Å². The van der Waals surface area contributed by atoms with Gasteiger partial charge in [-0.2, -0.15) is 0 Å². The average molecular weight is 320 g/mol. The van der Waals surface area contributed by atoms with Crippen molar-refractivity contribution in [3.8, 4) is 5.75 Å². The van der Waals surface area contributed by atoms with Crippen LogP contribution in [0.1, 0.15) is 24.2 Å². The number of nitrogens with two attached hydrogens (primary N) is 1. The molecule has 2 aromatic rings. The van der Waals surface area contributed by atoms with Crippen molar-refractivity contribution in [3.05, 3.63) is 64.1 Å². The zero-order valence-corrected chi connectivity index (χ0v) is 12.7. The van der Waals surface area contributed by atoms with Crippen molar-refractivity contribution < 1.29 is 4.74 Å². The molecule has 100 valence electrons. The number of rotatable bonds is 4. The summed E-state index contributed by atoms with van der Waals surface area (Å²) in [6.07, 6.45) is -0.143. The molecule has 0 fully saturated rings. The minimum absolute atomic E-state index is 0.0833. The van der Waals surface area contributed by atoms with Gasteiger partial charge in [0.2, 0.25) is 0 Å². The van der Waals surface area contributed by atoms with E-state index in [0.29, 0.717) is 0 Å². The summed E-state index contributed by atoms with van der Waals surface area (Å²) >= 11 is 3.45. The van der Waals surface area contributed by atoms with Crippen molar-refractivity contribution >= 4 is 15.9 Å². The van der Waals surface area contributed by atoms with Crippen LogP contribution in [-0.4, -0.2) is 6.04 Å². The predicted octanol–water partition coefficient (Wildman–Crippen LogP) is 4.22. The van der Waals surface area contributed by atoms with Crippen molar-refractivity contribution in [3.63, 3.8) is 0 Å². The first-order valence-electron chi connectivity index (χ1n) is 6.31. The van der Waals surface area contributed by atoms with Gasteiger partial charge in [0.15, 0.2) is 0 Å². The summed E-state index contributed by atoms with van der Waals surface area (Å²) < 4.78 is 7.07. The summed E-state index contributed by atoms with van der Waals surface area (Å²) in [4.78, 5) is 0. The lowest BCUT2D eigenvalue weighted by Crippen LogP contribution is -2.29. The molecule has 0 aliphatic carbocycles. The van der Waals surface area contributed by atoms with E-state index >= 15 is 0 Å². The van der Waals surface area contributed by atoms with E-state index in [9.17, 15) is 0 Å². The van der Waals surface area contributed by atoms with Crippen molar-refractivity contribution in [2.24, 2.45) is 5.73 Å². The van der Waals surface area contributed by atoms with Crippen LogP contribution in [0.25, 0.3) is 0 Å². The number of ether oxygens (including phenoxy) is 1. The summed E-state index contributed by atoms with van der Waals surface area (Å²) in [5, 5.41) is 0. The first kappa shape index (κ1) is 14.1. The Hall–Kier alpha value is -1.32. The number of aryl methyl sites for hydroxylation is 1. The summed E-state index contributed by atoms with van der Waals surface area (Å²) in [5.41, 5.74) is 8.42. The fraction of sp³-hybridized carbons (Fsp3) is 0.250. The molecule has 19 heavy (non-hydrogen) atoms. The summed E-state index contributed by atoms with van der Waals surface area (Å²) in [6, 6.07) is 15.9. The van der Waals surface area contributed by atoms with Crippen LogP contribution in [0.3, 0.4) is 0 Å². The Morgan fingerprint density at radius 2 is 1.84 bits per heavy atom. The van der Waals surface area contributed by atoms with E-state index in [1.165, 1.54) is 5.56 Å². The minimum Gasteiger partial charge on any atom is -0.484 e. The lowest BCUT2D eigenvalue weighted by molar-refractivity contribution is 0.179. The highest BCUT2D eigenvalue weighted by atomic mass is 79.9. The van der Waals surface area contributed by atoms with Crippen LogP contribution >= 0.6 is 15.9 Å². The van der Waals surface area contributed by atoms with Crippen LogP contribution in [0.2, 0.25) is 0 Å². The van der Waals surface area contributed by atoms with Gasteiger partial charge in [0.25, 0.3) is 0 Å². The largest absolute Gasteiger partial charge is 0.484 e. The molecule has 0 heterocycles. The van der Waals surface area contributed by atoms with Gasteiger partial charge in [0.05, 0.1) is 0 Å². The van der Waals surface area contributed by atoms with E-state index in [1.807, 2.05) is 43.3 Å². The number of halogens is 1. The van der Waals surface area contributed by atoms with E-state index < -0.39 is 0 Å². The van der Waals surface area contributed by atoms with Crippen molar-refractivity contribution in [1.29, 1.82) is 0 Å². The standard InChI is InChI=1S/C16H18BrNO/c1-11-6-3-4-9-15(11)16(12(2)18)19-14-8-5-7-13(17)10-14/h3-10,12,16H,18H2,1-2H3. The van der Waals surface area contributed by atoms with Gasteiger partial charge in [-0.25, -0.2) is 0 Å². The lowest BCUT2D eigenvalue weighted by Gasteiger charge is -2.24. The van der Waals surface area contributed by atoms with Crippen molar-refractivity contribution in [2.45, 2.75) is 26.0 Å². The molecule has 0 bridgehead atoms. The second kappa shape index (κ2) is 6.22. The fourth-order valence-corrected chi connectivity index (χ4v) is 2.43. The quantitative estimate of drug-likeness (QED) is 0.915. The molecule has 0 radical (unpaired) electrons. The fourth-order valence-electron chi connectivity index (χ4n) is 2.05. The van der Waals surface area contributed by atoms with Gasteiger partial charge in [0, 0.05) is 10.5 Å². The van der Waals surface area contributed by atoms with Gasteiger partial charge in [0.1, 0.15) is 11.9 Å². The molecule has 2 rings (SSSR count). The third-order valence-corrected chi connectivity index (χ3v) is 3.52. The van der Waals surface area contributed by atoms with Crippen LogP contribution < -0.4 is 10.5 Å². The van der Waals surface area contributed by atoms with Crippen LogP contribution in [0.15, 0.2) is 53.0 Å². The minimum atomic E-state index is -0.143. The third-order valence-electron chi connectivity index (χ3n) is 3.03. The van der Waals surface area contributed by atoms with Crippen molar-refractivity contribution in [2.75, 3.05) is 0 Å². The van der Waals surface area contributed by atoms with Crippen molar-refractivity contribution in [1.82, 2.24) is 0 Å². The number of hydrogen-bond donors (Lipinski definition) is 1. The Morgan fingerprint density at radius 3 is 2.47 bits per heavy atom. The number of hydrogen-bond acceptors (Lipinski definition) is 2. The molecule has 0 aromatic heterocycles. The molecule has 2 unspecified atom stereocenters. The smallest absolute Gasteiger partial charge is 0.139 e. The molecule has 2 atom stereocenters. The van der Waals surface area contributed by atoms with Crippen LogP contribution in [-0.2, 0) is 0 Å². The molecule has 2 nitrogen and oxygen atoms in total. The summed E-state index contributed by atoms with van der Waals surface area (Å²) in [6.45, 7) is 4.05. The van der Waals surface area contributed by atoms with Gasteiger partial charge in [-0.3, -0.25) is 0 Å². The third kappa shape index (κ3) is 3.58. The highest BCUT2D eigenvalue weighted by molar-refractivity contribution is 9.10. The molecule has 2 N–H and O–H groups in total. The second-order valence-corrected chi connectivity index (χ2v) is 5.63. The van der Waals surface area contributed by atoms with Crippen LogP contribution in [0, 0.1) is 6.92 Å². The number of benzene rings is 2. The van der Waals surface area contributed by atoms with Gasteiger partial charge >= 0.3 is 0 Å². The SMILES string of the molecule is Cc1ccccc1C(Oc1cccc(Br)c1)C(C)N. The topological polar surface area (TPSA) is 35.2 Å². The Balaban J connectivity index is 2.29. The molecule has 0 amide bonds. The Labute approximate surface area is 122 Å². The molecular weight excluding hydrogens is 302 g/mol. The molecule has 0 saturated carbocycles. The molecular formula is C16H18BrNO. The zero-order chi connectivity index (χ0) is 13.8. The van der Waals surface area contributed by atoms with E-state index in [2.05, 4.69) is 35.0 Å². The maximum atomic E-state index is 6.09. The predicted molar refractivity (Wildman–Crippen MR) is 82.3 cm³/mol. The van der Waals surface area contributed by atoms with E-state index in [-0.39, 0.29) is 12.1 Å². The Kier molecular flexibility index (Phi) is 4.61. The second-order valence-electron chi connectivity index (χ2n) is 4.71. The van der Waals surface area contributed by atoms with E-state index in [0.717, 1.165) is 15.8 Å². The molecule has 2 aromatic carbocycles. The van der Waals surface area contributed by atoms with Crippen LogP contribution in [0.5, 0.6) is 5.75 Å². The maximum absolute atomic E-state index is 6.09. The molecule has 3 heteroatoms. The zero-order valence-electron chi connectivity index (χ0n) is 11.1. The first-order chi connectivity index (χ1) is 9.08. The molecule has 0 aliphatic heterocycles. The van der Waals surface area contributed by atoms with E-state index in [1.54, 1.807) is 0 Å². The monoisotopic (exact) mass is 319 g/mol. The highest BCUT2D eigenvalue weighted by Gasteiger charge is 2.19. The molecule has 0 spiro atoms. The highest BCUT2D eigenvalue weighted by Crippen LogP contribution is 2.28. The first-order valence-corrected chi connectivity index (χ1v) is 7.10. The average Bonchev–Trinajstić information content (AvgIpc) is 2.37. The Morgan fingerprint density at radius 1 is 1.11 bits per heavy atom. The molecule has 0 saturated heterocycles. The van der Waals surface area contributed by atoms with E-state index in [4.69, 9.17) is 10.5 Å². The van der Waals surface area contributed by atoms with Gasteiger partial charge in [-0.05, 0) is 43.2 Å². The normalized spacial score (nSPS) is 13.9. The maximum Gasteiger partial charge on any atom is 0.139 e. The lowest BCUT2D eigenvalue weighted by atomic mass is 9.99. The van der Waals surface area contributed by atoms with Crippen LogP contribution in [0.4, 0.5) is 0 Å². The summed E-state index contributed by atoms with van der Waals surface area (Å²) in [5.74, 6) is 0.819. The van der Waals surface area contributed by atoms with Gasteiger partial charge in [-0.1, -0.05) is 46.3 Å². The Bertz CT molecular complexity index is 554. The summed E-state index contributed by atoms with van der Waals surface area (Å²) in [7, 11) is 0.